The van der Waals surface area contributed by atoms with Crippen molar-refractivity contribution in [2.24, 2.45) is 0 Å². The van der Waals surface area contributed by atoms with Crippen molar-refractivity contribution in [1.82, 2.24) is 15.0 Å². The van der Waals surface area contributed by atoms with Crippen LogP contribution in [-0.2, 0) is 11.2 Å². The van der Waals surface area contributed by atoms with Crippen LogP contribution in [0.5, 0.6) is 5.75 Å². The molecule has 3 aromatic rings. The van der Waals surface area contributed by atoms with E-state index in [1.54, 1.807) is 7.11 Å². The molecular formula is C21H21N3O3. The maximum atomic E-state index is 12.4. The largest absolute Gasteiger partial charge is 0.497 e. The van der Waals surface area contributed by atoms with E-state index in [0.717, 1.165) is 23.3 Å². The van der Waals surface area contributed by atoms with Crippen molar-refractivity contribution < 1.29 is 14.1 Å². The number of benzene rings is 2. The zero-order chi connectivity index (χ0) is 18.6. The lowest BCUT2D eigenvalue weighted by molar-refractivity contribution is -0.135. The van der Waals surface area contributed by atoms with Crippen LogP contribution in [0.1, 0.15) is 23.8 Å². The summed E-state index contributed by atoms with van der Waals surface area (Å²) >= 11 is 0. The van der Waals surface area contributed by atoms with E-state index in [4.69, 9.17) is 9.26 Å². The van der Waals surface area contributed by atoms with Gasteiger partial charge in [-0.15, -0.1) is 0 Å². The summed E-state index contributed by atoms with van der Waals surface area (Å²) in [4.78, 5) is 18.7. The first-order chi connectivity index (χ1) is 13.2. The SMILES string of the molecule is COc1ccc(CCC(=O)N2CC(c3nc(-c4ccccc4)no3)C2)cc1. The lowest BCUT2D eigenvalue weighted by Gasteiger charge is -2.37. The van der Waals surface area contributed by atoms with Crippen LogP contribution in [0.2, 0.25) is 0 Å². The molecule has 0 aliphatic carbocycles. The Bertz CT molecular complexity index is 900. The monoisotopic (exact) mass is 363 g/mol. The number of ether oxygens (including phenoxy) is 1. The lowest BCUT2D eigenvalue weighted by Crippen LogP contribution is -2.48. The van der Waals surface area contributed by atoms with Crippen LogP contribution < -0.4 is 4.74 Å². The number of carbonyl (C=O) groups is 1. The first kappa shape index (κ1) is 17.3. The molecule has 2 heterocycles. The molecule has 0 saturated carbocycles. The van der Waals surface area contributed by atoms with E-state index < -0.39 is 0 Å². The van der Waals surface area contributed by atoms with Gasteiger partial charge in [0.05, 0.1) is 13.0 Å². The van der Waals surface area contributed by atoms with E-state index in [-0.39, 0.29) is 11.8 Å². The summed E-state index contributed by atoms with van der Waals surface area (Å²) in [7, 11) is 1.64. The minimum atomic E-state index is 0.125. The van der Waals surface area contributed by atoms with E-state index in [1.807, 2.05) is 59.5 Å². The minimum absolute atomic E-state index is 0.125. The highest BCUT2D eigenvalue weighted by molar-refractivity contribution is 5.77. The third kappa shape index (κ3) is 3.84. The second-order valence-corrected chi connectivity index (χ2v) is 6.67. The van der Waals surface area contributed by atoms with Crippen LogP contribution in [0, 0.1) is 0 Å². The minimum Gasteiger partial charge on any atom is -0.497 e. The number of likely N-dealkylation sites (tertiary alicyclic amines) is 1. The van der Waals surface area contributed by atoms with Gasteiger partial charge in [-0.25, -0.2) is 0 Å². The third-order valence-electron chi connectivity index (χ3n) is 4.84. The molecule has 4 rings (SSSR count). The second kappa shape index (κ2) is 7.61. The predicted molar refractivity (Wildman–Crippen MR) is 100 cm³/mol. The number of methoxy groups -OCH3 is 1. The zero-order valence-corrected chi connectivity index (χ0v) is 15.2. The molecule has 0 atom stereocenters. The van der Waals surface area contributed by atoms with E-state index in [9.17, 15) is 4.79 Å². The average Bonchev–Trinajstić information content (AvgIpc) is 3.16. The number of rotatable bonds is 6. The smallest absolute Gasteiger partial charge is 0.233 e. The number of aryl methyl sites for hydroxylation is 1. The summed E-state index contributed by atoms with van der Waals surface area (Å²) in [5.41, 5.74) is 2.06. The number of nitrogens with zero attached hydrogens (tertiary/aromatic N) is 3. The standard InChI is InChI=1S/C21H21N3O3/c1-26-18-10-7-15(8-11-18)9-12-19(25)24-13-17(14-24)21-22-20(23-27-21)16-5-3-2-4-6-16/h2-8,10-11,17H,9,12-14H2,1H3. The van der Waals surface area contributed by atoms with Gasteiger partial charge in [0.25, 0.3) is 0 Å². The molecule has 0 bridgehead atoms. The van der Waals surface area contributed by atoms with Crippen LogP contribution in [0.15, 0.2) is 59.1 Å². The molecule has 27 heavy (non-hydrogen) atoms. The van der Waals surface area contributed by atoms with Crippen molar-refractivity contribution in [3.63, 3.8) is 0 Å². The summed E-state index contributed by atoms with van der Waals surface area (Å²) in [6.07, 6.45) is 1.22. The summed E-state index contributed by atoms with van der Waals surface area (Å²) < 4.78 is 10.5. The Labute approximate surface area is 157 Å². The van der Waals surface area contributed by atoms with Gasteiger partial charge in [0.15, 0.2) is 0 Å². The lowest BCUT2D eigenvalue weighted by atomic mass is 9.99. The highest BCUT2D eigenvalue weighted by Gasteiger charge is 2.35. The topological polar surface area (TPSA) is 68.5 Å². The first-order valence-electron chi connectivity index (χ1n) is 9.02. The highest BCUT2D eigenvalue weighted by atomic mass is 16.5. The average molecular weight is 363 g/mol. The van der Waals surface area contributed by atoms with E-state index in [2.05, 4.69) is 10.1 Å². The molecule has 6 heteroatoms. The molecule has 1 fully saturated rings. The third-order valence-corrected chi connectivity index (χ3v) is 4.84. The number of amides is 1. The molecule has 0 unspecified atom stereocenters. The summed E-state index contributed by atoms with van der Waals surface area (Å²) in [6, 6.07) is 17.6. The highest BCUT2D eigenvalue weighted by Crippen LogP contribution is 2.28. The van der Waals surface area contributed by atoms with E-state index in [1.165, 1.54) is 0 Å². The van der Waals surface area contributed by atoms with Gasteiger partial charge >= 0.3 is 0 Å². The molecule has 1 aliphatic rings. The molecule has 0 radical (unpaired) electrons. The molecule has 1 aromatic heterocycles. The number of hydrogen-bond donors (Lipinski definition) is 0. The quantitative estimate of drug-likeness (QED) is 0.672. The van der Waals surface area contributed by atoms with Gasteiger partial charge in [0, 0.05) is 25.1 Å². The Kier molecular flexibility index (Phi) is 4.87. The predicted octanol–water partition coefficient (Wildman–Crippen LogP) is 3.30. The van der Waals surface area contributed by atoms with Gasteiger partial charge in [0.2, 0.25) is 17.6 Å². The zero-order valence-electron chi connectivity index (χ0n) is 15.2. The molecular weight excluding hydrogens is 342 g/mol. The molecule has 138 valence electrons. The Morgan fingerprint density at radius 2 is 1.89 bits per heavy atom. The van der Waals surface area contributed by atoms with Crippen LogP contribution >= 0.6 is 0 Å². The number of carbonyl (C=O) groups excluding carboxylic acids is 1. The van der Waals surface area contributed by atoms with E-state index in [0.29, 0.717) is 31.2 Å². The Balaban J connectivity index is 1.27. The fourth-order valence-electron chi connectivity index (χ4n) is 3.15. The van der Waals surface area contributed by atoms with Crippen LogP contribution in [-0.4, -0.2) is 41.1 Å². The Morgan fingerprint density at radius 3 is 2.59 bits per heavy atom. The van der Waals surface area contributed by atoms with Gasteiger partial charge in [0.1, 0.15) is 5.75 Å². The maximum Gasteiger partial charge on any atom is 0.233 e. The van der Waals surface area contributed by atoms with Gasteiger partial charge in [-0.3, -0.25) is 4.79 Å². The van der Waals surface area contributed by atoms with Crippen molar-refractivity contribution in [1.29, 1.82) is 0 Å². The van der Waals surface area contributed by atoms with Crippen molar-refractivity contribution in [2.45, 2.75) is 18.8 Å². The second-order valence-electron chi connectivity index (χ2n) is 6.67. The van der Waals surface area contributed by atoms with Crippen molar-refractivity contribution in [2.75, 3.05) is 20.2 Å². The summed E-state index contributed by atoms with van der Waals surface area (Å²) in [5.74, 6) is 2.30. The first-order valence-corrected chi connectivity index (χ1v) is 9.02. The fourth-order valence-corrected chi connectivity index (χ4v) is 3.15. The Hall–Kier alpha value is -3.15. The van der Waals surface area contributed by atoms with E-state index >= 15 is 0 Å². The molecule has 2 aromatic carbocycles. The molecule has 1 amide bonds. The van der Waals surface area contributed by atoms with Gasteiger partial charge in [-0.05, 0) is 24.1 Å². The maximum absolute atomic E-state index is 12.4. The number of aromatic nitrogens is 2. The Morgan fingerprint density at radius 1 is 1.15 bits per heavy atom. The molecule has 0 spiro atoms. The molecule has 1 aliphatic heterocycles. The molecule has 6 nitrogen and oxygen atoms in total. The van der Waals surface area contributed by atoms with Crippen LogP contribution in [0.25, 0.3) is 11.4 Å². The van der Waals surface area contributed by atoms with Gasteiger partial charge in [-0.2, -0.15) is 4.98 Å². The van der Waals surface area contributed by atoms with Crippen molar-refractivity contribution in [3.05, 3.63) is 66.1 Å². The number of hydrogen-bond acceptors (Lipinski definition) is 5. The normalized spacial score (nSPS) is 14.0. The van der Waals surface area contributed by atoms with Crippen LogP contribution in [0.3, 0.4) is 0 Å². The van der Waals surface area contributed by atoms with Crippen LogP contribution in [0.4, 0.5) is 0 Å². The summed E-state index contributed by atoms with van der Waals surface area (Å²) in [6.45, 7) is 1.27. The summed E-state index contributed by atoms with van der Waals surface area (Å²) in [5, 5.41) is 4.05. The molecule has 1 saturated heterocycles. The fraction of sp³-hybridized carbons (Fsp3) is 0.286. The van der Waals surface area contributed by atoms with Crippen molar-refractivity contribution in [3.8, 4) is 17.1 Å². The van der Waals surface area contributed by atoms with Gasteiger partial charge < -0.3 is 14.2 Å². The van der Waals surface area contributed by atoms with Gasteiger partial charge in [-0.1, -0.05) is 47.6 Å². The van der Waals surface area contributed by atoms with Crippen molar-refractivity contribution >= 4 is 5.91 Å². The molecule has 0 N–H and O–H groups in total.